The van der Waals surface area contributed by atoms with E-state index in [2.05, 4.69) is 0 Å². The van der Waals surface area contributed by atoms with Gasteiger partial charge >= 0.3 is 5.97 Å². The fourth-order valence-electron chi connectivity index (χ4n) is 3.54. The van der Waals surface area contributed by atoms with Gasteiger partial charge < -0.3 is 14.6 Å². The second-order valence-electron chi connectivity index (χ2n) is 6.27. The Kier molecular flexibility index (Phi) is 5.27. The zero-order chi connectivity index (χ0) is 19.6. The van der Waals surface area contributed by atoms with Crippen LogP contribution in [-0.4, -0.2) is 48.2 Å². The van der Waals surface area contributed by atoms with Crippen molar-refractivity contribution in [2.24, 2.45) is 0 Å². The number of nitro benzene ring substituents is 1. The Morgan fingerprint density at radius 2 is 1.96 bits per heavy atom. The summed E-state index contributed by atoms with van der Waals surface area (Å²) < 4.78 is 10.8. The molecule has 0 fully saturated rings. The predicted molar refractivity (Wildman–Crippen MR) is 97.4 cm³/mol. The van der Waals surface area contributed by atoms with Crippen LogP contribution in [0.15, 0.2) is 36.4 Å². The highest BCUT2D eigenvalue weighted by atomic mass is 16.6. The largest absolute Gasteiger partial charge is 0.493 e. The third-order valence-corrected chi connectivity index (χ3v) is 4.71. The number of hydrogen-bond donors (Lipinski definition) is 1. The molecule has 1 N–H and O–H groups in total. The standard InChI is InChI=1S/C19H20N2O6/c1-26-16-9-12-6-7-20(11-18(22)23)19(15(12)10-17(16)27-2)13-4-3-5-14(8-13)21(24)25/h3-5,8-10,19H,6-7,11H2,1-2H3,(H,22,23). The first kappa shape index (κ1) is 18.7. The van der Waals surface area contributed by atoms with Gasteiger partial charge in [-0.3, -0.25) is 19.8 Å². The Morgan fingerprint density at radius 3 is 2.59 bits per heavy atom. The minimum Gasteiger partial charge on any atom is -0.493 e. The van der Waals surface area contributed by atoms with E-state index in [4.69, 9.17) is 9.47 Å². The van der Waals surface area contributed by atoms with Gasteiger partial charge in [0.15, 0.2) is 11.5 Å². The maximum Gasteiger partial charge on any atom is 0.317 e. The van der Waals surface area contributed by atoms with E-state index in [1.807, 2.05) is 12.1 Å². The molecule has 2 aromatic carbocycles. The number of nitrogens with zero attached hydrogens (tertiary/aromatic N) is 2. The molecule has 0 saturated carbocycles. The molecule has 0 aliphatic carbocycles. The van der Waals surface area contributed by atoms with Gasteiger partial charge in [-0.1, -0.05) is 12.1 Å². The number of carboxylic acids is 1. The lowest BCUT2D eigenvalue weighted by molar-refractivity contribution is -0.384. The number of ether oxygens (including phenoxy) is 2. The molecule has 8 nitrogen and oxygen atoms in total. The Morgan fingerprint density at radius 1 is 1.26 bits per heavy atom. The molecule has 8 heteroatoms. The smallest absolute Gasteiger partial charge is 0.317 e. The lowest BCUT2D eigenvalue weighted by Gasteiger charge is -2.37. The van der Waals surface area contributed by atoms with E-state index in [1.54, 1.807) is 24.1 Å². The van der Waals surface area contributed by atoms with Crippen molar-refractivity contribution in [3.05, 3.63) is 63.2 Å². The summed E-state index contributed by atoms with van der Waals surface area (Å²) in [4.78, 5) is 23.9. The molecule has 0 spiro atoms. The van der Waals surface area contributed by atoms with Gasteiger partial charge in [0.25, 0.3) is 5.69 Å². The second kappa shape index (κ2) is 7.63. The highest BCUT2D eigenvalue weighted by Crippen LogP contribution is 2.41. The van der Waals surface area contributed by atoms with E-state index in [1.165, 1.54) is 19.2 Å². The van der Waals surface area contributed by atoms with Crippen LogP contribution in [0.25, 0.3) is 0 Å². The molecule has 0 aromatic heterocycles. The number of rotatable bonds is 6. The van der Waals surface area contributed by atoms with E-state index >= 15 is 0 Å². The molecule has 142 valence electrons. The van der Waals surface area contributed by atoms with Gasteiger partial charge in [-0.25, -0.2) is 0 Å². The number of benzene rings is 2. The first-order valence-electron chi connectivity index (χ1n) is 8.39. The summed E-state index contributed by atoms with van der Waals surface area (Å²) in [5.41, 5.74) is 2.50. The second-order valence-corrected chi connectivity index (χ2v) is 6.27. The first-order valence-corrected chi connectivity index (χ1v) is 8.39. The highest BCUT2D eigenvalue weighted by Gasteiger charge is 2.32. The number of carbonyl (C=O) groups is 1. The number of aliphatic carboxylic acids is 1. The molecule has 2 aromatic rings. The fraction of sp³-hybridized carbons (Fsp3) is 0.316. The van der Waals surface area contributed by atoms with E-state index in [0.717, 1.165) is 11.1 Å². The van der Waals surface area contributed by atoms with Crippen molar-refractivity contribution in [3.8, 4) is 11.5 Å². The van der Waals surface area contributed by atoms with Crippen LogP contribution in [0.3, 0.4) is 0 Å². The summed E-state index contributed by atoms with van der Waals surface area (Å²) >= 11 is 0. The van der Waals surface area contributed by atoms with Crippen LogP contribution in [0, 0.1) is 10.1 Å². The van der Waals surface area contributed by atoms with E-state index in [9.17, 15) is 20.0 Å². The molecule has 1 unspecified atom stereocenters. The van der Waals surface area contributed by atoms with Gasteiger partial charge in [-0.2, -0.15) is 0 Å². The SMILES string of the molecule is COc1cc2c(cc1OC)C(c1cccc([N+](=O)[O-])c1)N(CC(=O)O)CC2. The van der Waals surface area contributed by atoms with Crippen molar-refractivity contribution in [2.75, 3.05) is 27.3 Å². The van der Waals surface area contributed by atoms with Crippen LogP contribution in [-0.2, 0) is 11.2 Å². The molecule has 1 atom stereocenters. The number of methoxy groups -OCH3 is 2. The zero-order valence-corrected chi connectivity index (χ0v) is 15.0. The van der Waals surface area contributed by atoms with Crippen molar-refractivity contribution < 1.29 is 24.3 Å². The van der Waals surface area contributed by atoms with Gasteiger partial charge in [-0.05, 0) is 35.2 Å². The summed E-state index contributed by atoms with van der Waals surface area (Å²) in [6.07, 6.45) is 0.647. The maximum absolute atomic E-state index is 11.4. The predicted octanol–water partition coefficient (Wildman–Crippen LogP) is 2.64. The summed E-state index contributed by atoms with van der Waals surface area (Å²) in [6.45, 7) is 0.350. The van der Waals surface area contributed by atoms with E-state index < -0.39 is 16.9 Å². The topological polar surface area (TPSA) is 102 Å². The number of hydrogen-bond acceptors (Lipinski definition) is 6. The highest BCUT2D eigenvalue weighted by molar-refractivity contribution is 5.69. The van der Waals surface area contributed by atoms with Gasteiger partial charge in [0, 0.05) is 18.7 Å². The van der Waals surface area contributed by atoms with E-state index in [0.29, 0.717) is 30.0 Å². The lowest BCUT2D eigenvalue weighted by Crippen LogP contribution is -2.39. The summed E-state index contributed by atoms with van der Waals surface area (Å²) in [5.74, 6) is 0.180. The molecular formula is C19H20N2O6. The van der Waals surface area contributed by atoms with Crippen molar-refractivity contribution >= 4 is 11.7 Å². The first-order chi connectivity index (χ1) is 12.9. The molecule has 1 heterocycles. The molecule has 0 amide bonds. The Labute approximate surface area is 156 Å². The third kappa shape index (κ3) is 3.70. The quantitative estimate of drug-likeness (QED) is 0.614. The van der Waals surface area contributed by atoms with Crippen LogP contribution in [0.4, 0.5) is 5.69 Å². The minimum absolute atomic E-state index is 0.0321. The van der Waals surface area contributed by atoms with Gasteiger partial charge in [-0.15, -0.1) is 0 Å². The fourth-order valence-corrected chi connectivity index (χ4v) is 3.54. The van der Waals surface area contributed by atoms with Crippen LogP contribution >= 0.6 is 0 Å². The molecule has 1 aliphatic rings. The molecule has 0 bridgehead atoms. The number of fused-ring (bicyclic) bond motifs is 1. The molecule has 3 rings (SSSR count). The average molecular weight is 372 g/mol. The maximum atomic E-state index is 11.4. The van der Waals surface area contributed by atoms with Gasteiger partial charge in [0.2, 0.25) is 0 Å². The summed E-state index contributed by atoms with van der Waals surface area (Å²) in [6, 6.07) is 9.58. The summed E-state index contributed by atoms with van der Waals surface area (Å²) in [7, 11) is 3.09. The van der Waals surface area contributed by atoms with Crippen molar-refractivity contribution in [3.63, 3.8) is 0 Å². The minimum atomic E-state index is -0.950. The molecule has 0 saturated heterocycles. The molecular weight excluding hydrogens is 352 g/mol. The van der Waals surface area contributed by atoms with E-state index in [-0.39, 0.29) is 12.2 Å². The Hall–Kier alpha value is -3.13. The van der Waals surface area contributed by atoms with Gasteiger partial charge in [0.1, 0.15) is 0 Å². The van der Waals surface area contributed by atoms with Crippen LogP contribution in [0.1, 0.15) is 22.7 Å². The molecule has 0 radical (unpaired) electrons. The molecule has 27 heavy (non-hydrogen) atoms. The van der Waals surface area contributed by atoms with Crippen LogP contribution in [0.2, 0.25) is 0 Å². The van der Waals surface area contributed by atoms with Crippen molar-refractivity contribution in [2.45, 2.75) is 12.5 Å². The lowest BCUT2D eigenvalue weighted by atomic mass is 9.87. The van der Waals surface area contributed by atoms with Crippen molar-refractivity contribution in [1.82, 2.24) is 4.90 Å². The zero-order valence-electron chi connectivity index (χ0n) is 15.0. The van der Waals surface area contributed by atoms with Crippen LogP contribution < -0.4 is 9.47 Å². The number of carboxylic acid groups (broad SMARTS) is 1. The summed E-state index contributed by atoms with van der Waals surface area (Å²) in [5, 5.41) is 20.5. The van der Waals surface area contributed by atoms with Crippen molar-refractivity contribution in [1.29, 1.82) is 0 Å². The number of non-ortho nitro benzene ring substituents is 1. The Bertz CT molecular complexity index is 882. The normalized spacial score (nSPS) is 16.4. The average Bonchev–Trinajstić information content (AvgIpc) is 2.66. The monoisotopic (exact) mass is 372 g/mol. The third-order valence-electron chi connectivity index (χ3n) is 4.71. The van der Waals surface area contributed by atoms with Gasteiger partial charge in [0.05, 0.1) is 31.7 Å². The molecule has 1 aliphatic heterocycles. The Balaban J connectivity index is 2.16. The van der Waals surface area contributed by atoms with Crippen LogP contribution in [0.5, 0.6) is 11.5 Å². The number of nitro groups is 1.